The first kappa shape index (κ1) is 14.7. The minimum atomic E-state index is -1.02. The second-order valence-corrected chi connectivity index (χ2v) is 4.90. The number of carbonyl (C=O) groups is 3. The summed E-state index contributed by atoms with van der Waals surface area (Å²) in [6.45, 7) is 3.44. The zero-order valence-electron chi connectivity index (χ0n) is 11.7. The molecule has 0 aromatic heterocycles. The quantitative estimate of drug-likeness (QED) is 0.647. The molecule has 0 aliphatic carbocycles. The number of imide groups is 1. The lowest BCUT2D eigenvalue weighted by molar-refractivity contribution is -0.130. The molecular formula is C14H15N3O4. The Morgan fingerprint density at radius 1 is 1.38 bits per heavy atom. The molecule has 0 saturated carbocycles. The number of aromatic carboxylic acids is 1. The molecule has 1 unspecified atom stereocenters. The molecule has 1 aromatic rings. The minimum Gasteiger partial charge on any atom is -0.478 e. The number of nitrogens with zero attached hydrogens (tertiary/aromatic N) is 2. The van der Waals surface area contributed by atoms with Gasteiger partial charge in [0.15, 0.2) is 0 Å². The van der Waals surface area contributed by atoms with Crippen molar-refractivity contribution in [3.8, 4) is 0 Å². The summed E-state index contributed by atoms with van der Waals surface area (Å²) < 4.78 is 0. The van der Waals surface area contributed by atoms with E-state index in [1.807, 2.05) is 0 Å². The molecule has 3 amide bonds. The molecule has 2 N–H and O–H groups in total. The van der Waals surface area contributed by atoms with Gasteiger partial charge in [0.25, 0.3) is 5.91 Å². The highest BCUT2D eigenvalue weighted by atomic mass is 16.4. The van der Waals surface area contributed by atoms with Crippen LogP contribution in [0.4, 0.5) is 4.79 Å². The standard InChI is InChI=1S/C14H15N3O4/c1-3-14(2)12(20)17(13(21)16-14)15-8-9-4-6-10(7-5-9)11(18)19/h4-8H,3H2,1-2H3,(H,16,21)(H,18,19). The van der Waals surface area contributed by atoms with Crippen LogP contribution in [-0.4, -0.2) is 39.8 Å². The molecule has 110 valence electrons. The zero-order chi connectivity index (χ0) is 15.6. The summed E-state index contributed by atoms with van der Waals surface area (Å²) in [4.78, 5) is 34.5. The second-order valence-electron chi connectivity index (χ2n) is 4.90. The second kappa shape index (κ2) is 5.35. The molecule has 7 heteroatoms. The van der Waals surface area contributed by atoms with E-state index in [-0.39, 0.29) is 5.56 Å². The van der Waals surface area contributed by atoms with Crippen LogP contribution in [0.25, 0.3) is 0 Å². The maximum Gasteiger partial charge on any atom is 0.346 e. The third-order valence-electron chi connectivity index (χ3n) is 3.43. The van der Waals surface area contributed by atoms with Crippen LogP contribution in [0.3, 0.4) is 0 Å². The third-order valence-corrected chi connectivity index (χ3v) is 3.43. The maximum atomic E-state index is 12.1. The molecule has 21 heavy (non-hydrogen) atoms. The van der Waals surface area contributed by atoms with Crippen LogP contribution < -0.4 is 5.32 Å². The summed E-state index contributed by atoms with van der Waals surface area (Å²) in [5.74, 6) is -1.43. The number of hydrogen-bond donors (Lipinski definition) is 2. The Morgan fingerprint density at radius 2 is 2.00 bits per heavy atom. The minimum absolute atomic E-state index is 0.153. The molecule has 0 bridgehead atoms. The Hall–Kier alpha value is -2.70. The highest BCUT2D eigenvalue weighted by Gasteiger charge is 2.46. The topological polar surface area (TPSA) is 99.1 Å². The Balaban J connectivity index is 2.16. The van der Waals surface area contributed by atoms with Crippen LogP contribution >= 0.6 is 0 Å². The highest BCUT2D eigenvalue weighted by Crippen LogP contribution is 2.20. The molecule has 2 rings (SSSR count). The van der Waals surface area contributed by atoms with Gasteiger partial charge in [0.1, 0.15) is 5.54 Å². The van der Waals surface area contributed by atoms with Gasteiger partial charge in [-0.15, -0.1) is 5.01 Å². The molecule has 1 saturated heterocycles. The first-order valence-electron chi connectivity index (χ1n) is 6.41. The Bertz CT molecular complexity index is 624. The SMILES string of the molecule is CCC1(C)NC(=O)N(N=Cc2ccc(C(=O)O)cc2)C1=O. The molecule has 1 aliphatic heterocycles. The molecule has 1 heterocycles. The van der Waals surface area contributed by atoms with E-state index >= 15 is 0 Å². The number of carbonyl (C=O) groups excluding carboxylic acids is 2. The Kier molecular flexibility index (Phi) is 3.75. The molecule has 1 fully saturated rings. The van der Waals surface area contributed by atoms with Gasteiger partial charge in [0, 0.05) is 0 Å². The Labute approximate surface area is 121 Å². The van der Waals surface area contributed by atoms with Crippen molar-refractivity contribution in [2.24, 2.45) is 5.10 Å². The summed E-state index contributed by atoms with van der Waals surface area (Å²) >= 11 is 0. The van der Waals surface area contributed by atoms with E-state index in [9.17, 15) is 14.4 Å². The van der Waals surface area contributed by atoms with Crippen molar-refractivity contribution in [2.45, 2.75) is 25.8 Å². The summed E-state index contributed by atoms with van der Waals surface area (Å²) in [6.07, 6.45) is 1.81. The van der Waals surface area contributed by atoms with Crippen LogP contribution in [-0.2, 0) is 4.79 Å². The predicted octanol–water partition coefficient (Wildman–Crippen LogP) is 1.44. The first-order valence-corrected chi connectivity index (χ1v) is 6.41. The average Bonchev–Trinajstić information content (AvgIpc) is 2.68. The van der Waals surface area contributed by atoms with Gasteiger partial charge in [0.05, 0.1) is 11.8 Å². The van der Waals surface area contributed by atoms with Crippen molar-refractivity contribution in [1.82, 2.24) is 10.3 Å². The lowest BCUT2D eigenvalue weighted by Crippen LogP contribution is -2.42. The molecule has 0 spiro atoms. The Morgan fingerprint density at radius 3 is 2.48 bits per heavy atom. The fourth-order valence-corrected chi connectivity index (χ4v) is 1.85. The molecular weight excluding hydrogens is 274 g/mol. The number of urea groups is 1. The van der Waals surface area contributed by atoms with Crippen molar-refractivity contribution in [2.75, 3.05) is 0 Å². The van der Waals surface area contributed by atoms with Gasteiger partial charge >= 0.3 is 12.0 Å². The molecule has 1 atom stereocenters. The predicted molar refractivity (Wildman–Crippen MR) is 75.1 cm³/mol. The van der Waals surface area contributed by atoms with Crippen molar-refractivity contribution in [3.63, 3.8) is 0 Å². The van der Waals surface area contributed by atoms with Crippen LogP contribution in [0.5, 0.6) is 0 Å². The molecule has 7 nitrogen and oxygen atoms in total. The van der Waals surface area contributed by atoms with Crippen LogP contribution in [0, 0.1) is 0 Å². The van der Waals surface area contributed by atoms with E-state index in [4.69, 9.17) is 5.11 Å². The number of hydrogen-bond acceptors (Lipinski definition) is 4. The summed E-state index contributed by atoms with van der Waals surface area (Å²) in [5.41, 5.74) is -0.187. The lowest BCUT2D eigenvalue weighted by Gasteiger charge is -2.17. The van der Waals surface area contributed by atoms with E-state index in [2.05, 4.69) is 10.4 Å². The zero-order valence-corrected chi connectivity index (χ0v) is 11.7. The third kappa shape index (κ3) is 2.76. The van der Waals surface area contributed by atoms with E-state index < -0.39 is 23.4 Å². The van der Waals surface area contributed by atoms with Crippen molar-refractivity contribution in [1.29, 1.82) is 0 Å². The van der Waals surface area contributed by atoms with Gasteiger partial charge in [-0.05, 0) is 31.0 Å². The molecule has 1 aliphatic rings. The van der Waals surface area contributed by atoms with Gasteiger partial charge < -0.3 is 10.4 Å². The smallest absolute Gasteiger partial charge is 0.346 e. The maximum absolute atomic E-state index is 12.1. The number of nitrogens with one attached hydrogen (secondary N) is 1. The average molecular weight is 289 g/mol. The normalized spacial score (nSPS) is 21.9. The van der Waals surface area contributed by atoms with Crippen molar-refractivity contribution in [3.05, 3.63) is 35.4 Å². The number of rotatable bonds is 4. The van der Waals surface area contributed by atoms with Crippen molar-refractivity contribution < 1.29 is 19.5 Å². The first-order chi connectivity index (χ1) is 9.87. The van der Waals surface area contributed by atoms with E-state index in [1.54, 1.807) is 26.0 Å². The van der Waals surface area contributed by atoms with E-state index in [1.165, 1.54) is 18.3 Å². The number of carboxylic acid groups (broad SMARTS) is 1. The van der Waals surface area contributed by atoms with Gasteiger partial charge in [-0.2, -0.15) is 5.10 Å². The van der Waals surface area contributed by atoms with Gasteiger partial charge in [0.2, 0.25) is 0 Å². The largest absolute Gasteiger partial charge is 0.478 e. The summed E-state index contributed by atoms with van der Waals surface area (Å²) in [5, 5.41) is 16.0. The molecule has 0 radical (unpaired) electrons. The summed E-state index contributed by atoms with van der Waals surface area (Å²) in [7, 11) is 0. The van der Waals surface area contributed by atoms with Crippen LogP contribution in [0.15, 0.2) is 29.4 Å². The van der Waals surface area contributed by atoms with E-state index in [0.717, 1.165) is 5.01 Å². The number of benzene rings is 1. The van der Waals surface area contributed by atoms with Gasteiger partial charge in [-0.3, -0.25) is 4.79 Å². The summed E-state index contributed by atoms with van der Waals surface area (Å²) in [6, 6.07) is 5.37. The monoisotopic (exact) mass is 289 g/mol. The van der Waals surface area contributed by atoms with E-state index in [0.29, 0.717) is 12.0 Å². The van der Waals surface area contributed by atoms with Gasteiger partial charge in [-0.25, -0.2) is 9.59 Å². The number of carboxylic acids is 1. The highest BCUT2D eigenvalue weighted by molar-refractivity contribution is 6.07. The fraction of sp³-hybridized carbons (Fsp3) is 0.286. The van der Waals surface area contributed by atoms with Crippen molar-refractivity contribution >= 4 is 24.1 Å². The fourth-order valence-electron chi connectivity index (χ4n) is 1.85. The number of hydrazone groups is 1. The van der Waals surface area contributed by atoms with Crippen LogP contribution in [0.1, 0.15) is 36.2 Å². The number of amides is 3. The van der Waals surface area contributed by atoms with Gasteiger partial charge in [-0.1, -0.05) is 19.1 Å². The van der Waals surface area contributed by atoms with Crippen LogP contribution in [0.2, 0.25) is 0 Å². The lowest BCUT2D eigenvalue weighted by atomic mass is 10.00. The molecule has 1 aromatic carbocycles.